The quantitative estimate of drug-likeness (QED) is 0.917. The van der Waals surface area contributed by atoms with E-state index in [1.807, 2.05) is 31.2 Å². The van der Waals surface area contributed by atoms with Gasteiger partial charge in [0.2, 0.25) is 0 Å². The molecule has 1 aliphatic rings. The Morgan fingerprint density at radius 2 is 1.86 bits per heavy atom. The zero-order valence-corrected chi connectivity index (χ0v) is 12.0. The van der Waals surface area contributed by atoms with Gasteiger partial charge in [-0.3, -0.25) is 4.79 Å². The molecule has 1 amide bonds. The van der Waals surface area contributed by atoms with Gasteiger partial charge in [0.15, 0.2) is 11.5 Å². The number of carbonyl (C=O) groups is 1. The number of hydrogen-bond acceptors (Lipinski definition) is 4. The van der Waals surface area contributed by atoms with Crippen molar-refractivity contribution in [3.63, 3.8) is 0 Å². The van der Waals surface area contributed by atoms with Crippen LogP contribution in [0, 0.1) is 6.92 Å². The summed E-state index contributed by atoms with van der Waals surface area (Å²) in [4.78, 5) is 22.8. The molecule has 2 heterocycles. The van der Waals surface area contributed by atoms with E-state index < -0.39 is 0 Å². The van der Waals surface area contributed by atoms with Gasteiger partial charge in [-0.25, -0.2) is 9.97 Å². The highest BCUT2D eigenvalue weighted by molar-refractivity contribution is 5.97. The smallest absolute Gasteiger partial charge is 0.276 e. The van der Waals surface area contributed by atoms with E-state index in [1.54, 1.807) is 11.1 Å². The first-order chi connectivity index (χ1) is 10.1. The maximum atomic E-state index is 12.4. The first-order valence-electron chi connectivity index (χ1n) is 7.14. The summed E-state index contributed by atoms with van der Waals surface area (Å²) in [6.07, 6.45) is 3.69. The Balaban J connectivity index is 1.95. The van der Waals surface area contributed by atoms with Crippen LogP contribution in [0.4, 0.5) is 5.82 Å². The largest absolute Gasteiger partial charge is 0.382 e. The molecule has 1 aromatic heterocycles. The number of aryl methyl sites for hydroxylation is 1. The number of rotatable bonds is 2. The minimum atomic E-state index is -0.119. The van der Waals surface area contributed by atoms with Crippen molar-refractivity contribution in [2.45, 2.75) is 19.8 Å². The lowest BCUT2D eigenvalue weighted by molar-refractivity contribution is 0.0788. The van der Waals surface area contributed by atoms with Crippen molar-refractivity contribution in [1.82, 2.24) is 14.9 Å². The summed E-state index contributed by atoms with van der Waals surface area (Å²) in [5, 5.41) is 0. The first kappa shape index (κ1) is 13.5. The van der Waals surface area contributed by atoms with Crippen LogP contribution >= 0.6 is 0 Å². The van der Waals surface area contributed by atoms with Gasteiger partial charge in [-0.15, -0.1) is 0 Å². The van der Waals surface area contributed by atoms with E-state index in [4.69, 9.17) is 5.73 Å². The van der Waals surface area contributed by atoms with E-state index in [0.717, 1.165) is 31.5 Å². The van der Waals surface area contributed by atoms with Gasteiger partial charge in [-0.1, -0.05) is 29.8 Å². The van der Waals surface area contributed by atoms with Gasteiger partial charge in [-0.05, 0) is 19.8 Å². The molecule has 2 N–H and O–H groups in total. The molecule has 2 aromatic rings. The topological polar surface area (TPSA) is 72.1 Å². The third kappa shape index (κ3) is 2.72. The highest BCUT2D eigenvalue weighted by atomic mass is 16.2. The lowest BCUT2D eigenvalue weighted by Crippen LogP contribution is -2.29. The normalized spacial score (nSPS) is 14.4. The summed E-state index contributed by atoms with van der Waals surface area (Å²) in [5.41, 5.74) is 8.88. The maximum Gasteiger partial charge on any atom is 0.276 e. The molecule has 1 saturated heterocycles. The molecule has 5 heteroatoms. The number of nitrogens with two attached hydrogens (primary N) is 1. The van der Waals surface area contributed by atoms with Gasteiger partial charge >= 0.3 is 0 Å². The van der Waals surface area contributed by atoms with Crippen LogP contribution in [0.5, 0.6) is 0 Å². The van der Waals surface area contributed by atoms with Gasteiger partial charge in [0.25, 0.3) is 5.91 Å². The number of aromatic nitrogens is 2. The zero-order valence-electron chi connectivity index (χ0n) is 12.0. The summed E-state index contributed by atoms with van der Waals surface area (Å²) in [6, 6.07) is 7.96. The second kappa shape index (κ2) is 5.52. The van der Waals surface area contributed by atoms with Gasteiger partial charge in [0, 0.05) is 18.7 Å². The van der Waals surface area contributed by atoms with Crippen molar-refractivity contribution in [1.29, 1.82) is 0 Å². The van der Waals surface area contributed by atoms with Crippen molar-refractivity contribution < 1.29 is 4.79 Å². The highest BCUT2D eigenvalue weighted by Gasteiger charge is 2.23. The average molecular weight is 282 g/mol. The van der Waals surface area contributed by atoms with E-state index in [9.17, 15) is 4.79 Å². The lowest BCUT2D eigenvalue weighted by atomic mass is 10.1. The Morgan fingerprint density at radius 1 is 1.19 bits per heavy atom. The van der Waals surface area contributed by atoms with Crippen LogP contribution < -0.4 is 5.73 Å². The third-order valence-corrected chi connectivity index (χ3v) is 3.74. The maximum absolute atomic E-state index is 12.4. The van der Waals surface area contributed by atoms with E-state index >= 15 is 0 Å². The van der Waals surface area contributed by atoms with Gasteiger partial charge in [0.05, 0.1) is 11.9 Å². The number of nitrogen functional groups attached to an aromatic ring is 1. The molecule has 21 heavy (non-hydrogen) atoms. The Labute approximate surface area is 123 Å². The van der Waals surface area contributed by atoms with E-state index in [2.05, 4.69) is 9.97 Å². The SMILES string of the molecule is Cc1ccc(-c2cnc(N)c(C(=O)N3CCCC3)n2)cc1. The third-order valence-electron chi connectivity index (χ3n) is 3.74. The van der Waals surface area contributed by atoms with Crippen LogP contribution in [0.15, 0.2) is 30.5 Å². The predicted molar refractivity (Wildman–Crippen MR) is 81.8 cm³/mol. The number of hydrogen-bond donors (Lipinski definition) is 1. The van der Waals surface area contributed by atoms with Gasteiger partial charge < -0.3 is 10.6 Å². The fourth-order valence-electron chi connectivity index (χ4n) is 2.49. The van der Waals surface area contributed by atoms with E-state index in [1.165, 1.54) is 5.56 Å². The Morgan fingerprint density at radius 3 is 2.52 bits per heavy atom. The monoisotopic (exact) mass is 282 g/mol. The molecule has 1 aliphatic heterocycles. The lowest BCUT2D eigenvalue weighted by Gasteiger charge is -2.15. The molecule has 0 bridgehead atoms. The Kier molecular flexibility index (Phi) is 3.56. The van der Waals surface area contributed by atoms with Crippen molar-refractivity contribution in [3.8, 4) is 11.3 Å². The van der Waals surface area contributed by atoms with Crippen LogP contribution in [0.1, 0.15) is 28.9 Å². The molecule has 108 valence electrons. The predicted octanol–water partition coefficient (Wildman–Crippen LogP) is 2.27. The van der Waals surface area contributed by atoms with Crippen molar-refractivity contribution in [3.05, 3.63) is 41.7 Å². The molecule has 1 fully saturated rings. The number of amides is 1. The van der Waals surface area contributed by atoms with Crippen LogP contribution in [0.25, 0.3) is 11.3 Å². The molecule has 3 rings (SSSR count). The molecule has 0 saturated carbocycles. The summed E-state index contributed by atoms with van der Waals surface area (Å²) in [7, 11) is 0. The molecule has 0 unspecified atom stereocenters. The summed E-state index contributed by atoms with van der Waals surface area (Å²) in [5.74, 6) is 0.0780. The Hall–Kier alpha value is -2.43. The minimum absolute atomic E-state index is 0.119. The number of nitrogens with zero attached hydrogens (tertiary/aromatic N) is 3. The summed E-state index contributed by atoms with van der Waals surface area (Å²) >= 11 is 0. The second-order valence-electron chi connectivity index (χ2n) is 5.35. The molecule has 5 nitrogen and oxygen atoms in total. The standard InChI is InChI=1S/C16H18N4O/c1-11-4-6-12(7-5-11)13-10-18-15(17)14(19-13)16(21)20-8-2-3-9-20/h4-7,10H,2-3,8-9H2,1H3,(H2,17,18). The van der Waals surface area contributed by atoms with Crippen LogP contribution in [0.3, 0.4) is 0 Å². The fraction of sp³-hybridized carbons (Fsp3) is 0.312. The number of benzene rings is 1. The number of carbonyl (C=O) groups excluding carboxylic acids is 1. The van der Waals surface area contributed by atoms with E-state index in [0.29, 0.717) is 5.69 Å². The van der Waals surface area contributed by atoms with E-state index in [-0.39, 0.29) is 17.4 Å². The van der Waals surface area contributed by atoms with Crippen LogP contribution in [0.2, 0.25) is 0 Å². The number of likely N-dealkylation sites (tertiary alicyclic amines) is 1. The summed E-state index contributed by atoms with van der Waals surface area (Å²) < 4.78 is 0. The molecule has 1 aromatic carbocycles. The minimum Gasteiger partial charge on any atom is -0.382 e. The highest BCUT2D eigenvalue weighted by Crippen LogP contribution is 2.21. The Bertz CT molecular complexity index is 660. The first-order valence-corrected chi connectivity index (χ1v) is 7.14. The average Bonchev–Trinajstić information content (AvgIpc) is 3.02. The molecule has 0 spiro atoms. The van der Waals surface area contributed by atoms with Crippen LogP contribution in [-0.2, 0) is 0 Å². The van der Waals surface area contributed by atoms with Gasteiger partial charge in [-0.2, -0.15) is 0 Å². The zero-order chi connectivity index (χ0) is 14.8. The van der Waals surface area contributed by atoms with Gasteiger partial charge in [0.1, 0.15) is 0 Å². The molecule has 0 radical (unpaired) electrons. The summed E-state index contributed by atoms with van der Waals surface area (Å²) in [6.45, 7) is 3.57. The molecule has 0 atom stereocenters. The molecular formula is C16H18N4O. The van der Waals surface area contributed by atoms with Crippen molar-refractivity contribution in [2.75, 3.05) is 18.8 Å². The molecule has 0 aliphatic carbocycles. The van der Waals surface area contributed by atoms with Crippen LogP contribution in [-0.4, -0.2) is 33.9 Å². The van der Waals surface area contributed by atoms with Crippen molar-refractivity contribution in [2.24, 2.45) is 0 Å². The second-order valence-corrected chi connectivity index (χ2v) is 5.35. The van der Waals surface area contributed by atoms with Crippen molar-refractivity contribution >= 4 is 11.7 Å². The molecular weight excluding hydrogens is 264 g/mol. The number of anilines is 1. The fourth-order valence-corrected chi connectivity index (χ4v) is 2.49.